The number of amides is 1. The maximum Gasteiger partial charge on any atom is 0.243 e. The van der Waals surface area contributed by atoms with Crippen molar-refractivity contribution >= 4 is 11.6 Å². The van der Waals surface area contributed by atoms with Crippen LogP contribution in [0, 0.1) is 0 Å². The average molecular weight is 194 g/mol. The highest BCUT2D eigenvalue weighted by Gasteiger charge is 2.27. The Bertz CT molecular complexity index is 254. The SMILES string of the molecule is CC1=NN(C2CCCCC2)C(=O)CC1. The van der Waals surface area contributed by atoms with Gasteiger partial charge in [0.25, 0.3) is 0 Å². The van der Waals surface area contributed by atoms with Crippen LogP contribution in [0.2, 0.25) is 0 Å². The van der Waals surface area contributed by atoms with E-state index < -0.39 is 0 Å². The van der Waals surface area contributed by atoms with Gasteiger partial charge in [-0.1, -0.05) is 19.3 Å². The minimum Gasteiger partial charge on any atom is -0.273 e. The van der Waals surface area contributed by atoms with Crippen LogP contribution in [0.25, 0.3) is 0 Å². The molecule has 1 aliphatic heterocycles. The minimum atomic E-state index is 0.225. The Labute approximate surface area is 85.2 Å². The number of carbonyl (C=O) groups excluding carboxylic acids is 1. The Kier molecular flexibility index (Phi) is 2.85. The number of hydrazone groups is 1. The molecule has 14 heavy (non-hydrogen) atoms. The zero-order valence-electron chi connectivity index (χ0n) is 8.83. The van der Waals surface area contributed by atoms with Gasteiger partial charge in [0.1, 0.15) is 0 Å². The Balaban J connectivity index is 2.06. The Hall–Kier alpha value is -0.860. The first-order valence-corrected chi connectivity index (χ1v) is 5.63. The summed E-state index contributed by atoms with van der Waals surface area (Å²) < 4.78 is 0. The summed E-state index contributed by atoms with van der Waals surface area (Å²) in [4.78, 5) is 11.7. The lowest BCUT2D eigenvalue weighted by Gasteiger charge is -2.32. The van der Waals surface area contributed by atoms with Crippen molar-refractivity contribution in [3.8, 4) is 0 Å². The van der Waals surface area contributed by atoms with Crippen LogP contribution in [-0.4, -0.2) is 22.7 Å². The fourth-order valence-electron chi connectivity index (χ4n) is 2.30. The lowest BCUT2D eigenvalue weighted by atomic mass is 9.94. The minimum absolute atomic E-state index is 0.225. The number of carbonyl (C=O) groups is 1. The molecule has 0 spiro atoms. The van der Waals surface area contributed by atoms with Crippen LogP contribution >= 0.6 is 0 Å². The summed E-state index contributed by atoms with van der Waals surface area (Å²) in [5, 5.41) is 6.15. The Morgan fingerprint density at radius 3 is 2.64 bits per heavy atom. The van der Waals surface area contributed by atoms with E-state index in [0.29, 0.717) is 12.5 Å². The highest BCUT2D eigenvalue weighted by molar-refractivity contribution is 5.91. The molecule has 0 unspecified atom stereocenters. The van der Waals surface area contributed by atoms with E-state index >= 15 is 0 Å². The standard InChI is InChI=1S/C11H18N2O/c1-9-7-8-11(14)13(12-9)10-5-3-2-4-6-10/h10H,2-8H2,1H3. The summed E-state index contributed by atoms with van der Waals surface area (Å²) in [5.74, 6) is 0.225. The van der Waals surface area contributed by atoms with Gasteiger partial charge in [-0.25, -0.2) is 5.01 Å². The molecular formula is C11H18N2O. The van der Waals surface area contributed by atoms with Crippen molar-refractivity contribution < 1.29 is 4.79 Å². The summed E-state index contributed by atoms with van der Waals surface area (Å²) in [5.41, 5.74) is 1.11. The molecule has 2 rings (SSSR count). The van der Waals surface area contributed by atoms with E-state index in [1.54, 1.807) is 5.01 Å². The molecule has 0 radical (unpaired) electrons. The molecule has 3 nitrogen and oxygen atoms in total. The number of rotatable bonds is 1. The predicted molar refractivity (Wildman–Crippen MR) is 56.1 cm³/mol. The fraction of sp³-hybridized carbons (Fsp3) is 0.818. The van der Waals surface area contributed by atoms with Crippen LogP contribution in [0.3, 0.4) is 0 Å². The molecule has 0 aromatic heterocycles. The fourth-order valence-corrected chi connectivity index (χ4v) is 2.30. The monoisotopic (exact) mass is 194 g/mol. The first kappa shape index (κ1) is 9.69. The number of hydrogen-bond acceptors (Lipinski definition) is 2. The highest BCUT2D eigenvalue weighted by atomic mass is 16.2. The molecule has 1 amide bonds. The van der Waals surface area contributed by atoms with Gasteiger partial charge < -0.3 is 0 Å². The lowest BCUT2D eigenvalue weighted by Crippen LogP contribution is -2.40. The molecule has 3 heteroatoms. The second-order valence-corrected chi connectivity index (χ2v) is 4.37. The van der Waals surface area contributed by atoms with Gasteiger partial charge >= 0.3 is 0 Å². The Morgan fingerprint density at radius 2 is 1.93 bits per heavy atom. The van der Waals surface area contributed by atoms with Crippen LogP contribution in [0.1, 0.15) is 51.9 Å². The van der Waals surface area contributed by atoms with Crippen LogP contribution in [0.5, 0.6) is 0 Å². The van der Waals surface area contributed by atoms with E-state index in [-0.39, 0.29) is 5.91 Å². The molecule has 2 aliphatic rings. The zero-order chi connectivity index (χ0) is 9.97. The van der Waals surface area contributed by atoms with Gasteiger partial charge in [0.05, 0.1) is 6.04 Å². The van der Waals surface area contributed by atoms with Crippen LogP contribution in [-0.2, 0) is 4.79 Å². The van der Waals surface area contributed by atoms with Crippen molar-refractivity contribution in [3.63, 3.8) is 0 Å². The van der Waals surface area contributed by atoms with Gasteiger partial charge in [0.15, 0.2) is 0 Å². The summed E-state index contributed by atoms with van der Waals surface area (Å²) in [6, 6.07) is 0.395. The second kappa shape index (κ2) is 4.11. The molecule has 0 aromatic carbocycles. The van der Waals surface area contributed by atoms with Gasteiger partial charge in [0.2, 0.25) is 5.91 Å². The summed E-state index contributed by atoms with van der Waals surface area (Å²) in [6.07, 6.45) is 7.62. The van der Waals surface area contributed by atoms with Gasteiger partial charge in [-0.05, 0) is 26.2 Å². The molecule has 1 heterocycles. The molecular weight excluding hydrogens is 176 g/mol. The van der Waals surface area contributed by atoms with Crippen LogP contribution in [0.15, 0.2) is 5.10 Å². The van der Waals surface area contributed by atoms with E-state index in [9.17, 15) is 4.79 Å². The lowest BCUT2D eigenvalue weighted by molar-refractivity contribution is -0.134. The summed E-state index contributed by atoms with van der Waals surface area (Å²) in [6.45, 7) is 2.02. The summed E-state index contributed by atoms with van der Waals surface area (Å²) >= 11 is 0. The van der Waals surface area contributed by atoms with Gasteiger partial charge in [0, 0.05) is 12.1 Å². The largest absolute Gasteiger partial charge is 0.273 e. The maximum absolute atomic E-state index is 11.7. The van der Waals surface area contributed by atoms with Crippen molar-refractivity contribution in [2.24, 2.45) is 5.10 Å². The molecule has 0 bridgehead atoms. The molecule has 1 fully saturated rings. The molecule has 0 aromatic rings. The zero-order valence-corrected chi connectivity index (χ0v) is 8.83. The third kappa shape index (κ3) is 1.97. The number of hydrogen-bond donors (Lipinski definition) is 0. The molecule has 0 atom stereocenters. The first-order valence-electron chi connectivity index (χ1n) is 5.63. The normalized spacial score (nSPS) is 25.1. The average Bonchev–Trinajstić information content (AvgIpc) is 2.23. The Morgan fingerprint density at radius 1 is 1.21 bits per heavy atom. The quantitative estimate of drug-likeness (QED) is 0.630. The van der Waals surface area contributed by atoms with E-state index in [1.807, 2.05) is 6.92 Å². The third-order valence-corrected chi connectivity index (χ3v) is 3.16. The van der Waals surface area contributed by atoms with E-state index in [1.165, 1.54) is 19.3 Å². The van der Waals surface area contributed by atoms with E-state index in [0.717, 1.165) is 25.0 Å². The second-order valence-electron chi connectivity index (χ2n) is 4.37. The van der Waals surface area contributed by atoms with Crippen molar-refractivity contribution in [1.82, 2.24) is 5.01 Å². The molecule has 0 saturated heterocycles. The topological polar surface area (TPSA) is 32.7 Å². The highest BCUT2D eigenvalue weighted by Crippen LogP contribution is 2.25. The van der Waals surface area contributed by atoms with Crippen molar-refractivity contribution in [3.05, 3.63) is 0 Å². The van der Waals surface area contributed by atoms with E-state index in [4.69, 9.17) is 0 Å². The van der Waals surface area contributed by atoms with Crippen molar-refractivity contribution in [2.45, 2.75) is 57.9 Å². The van der Waals surface area contributed by atoms with Gasteiger partial charge in [-0.15, -0.1) is 0 Å². The predicted octanol–water partition coefficient (Wildman–Crippen LogP) is 2.32. The molecule has 0 N–H and O–H groups in total. The van der Waals surface area contributed by atoms with Crippen LogP contribution in [0.4, 0.5) is 0 Å². The van der Waals surface area contributed by atoms with E-state index in [2.05, 4.69) is 5.10 Å². The third-order valence-electron chi connectivity index (χ3n) is 3.16. The van der Waals surface area contributed by atoms with Crippen LogP contribution < -0.4 is 0 Å². The van der Waals surface area contributed by atoms with Crippen molar-refractivity contribution in [1.29, 1.82) is 0 Å². The number of nitrogens with zero attached hydrogens (tertiary/aromatic N) is 2. The summed E-state index contributed by atoms with van der Waals surface area (Å²) in [7, 11) is 0. The van der Waals surface area contributed by atoms with Gasteiger partial charge in [-0.3, -0.25) is 4.79 Å². The first-order chi connectivity index (χ1) is 6.77. The van der Waals surface area contributed by atoms with Crippen molar-refractivity contribution in [2.75, 3.05) is 0 Å². The molecule has 1 saturated carbocycles. The maximum atomic E-state index is 11.7. The molecule has 78 valence electrons. The molecule has 1 aliphatic carbocycles. The smallest absolute Gasteiger partial charge is 0.243 e. The van der Waals surface area contributed by atoms with Gasteiger partial charge in [-0.2, -0.15) is 5.10 Å².